The average molecular weight is 285 g/mol. The van der Waals surface area contributed by atoms with Gasteiger partial charge in [0.15, 0.2) is 0 Å². The monoisotopic (exact) mass is 285 g/mol. The summed E-state index contributed by atoms with van der Waals surface area (Å²) in [5, 5.41) is 0.837. The van der Waals surface area contributed by atoms with Crippen molar-refractivity contribution in [2.45, 2.75) is 20.0 Å². The van der Waals surface area contributed by atoms with Gasteiger partial charge in [-0.15, -0.1) is 0 Å². The zero-order valence-corrected chi connectivity index (χ0v) is 11.7. The second-order valence-corrected chi connectivity index (χ2v) is 4.98. The van der Waals surface area contributed by atoms with E-state index < -0.39 is 0 Å². The van der Waals surface area contributed by atoms with E-state index in [0.29, 0.717) is 6.54 Å². The number of nitrogens with two attached hydrogens (primary N) is 1. The van der Waals surface area contributed by atoms with Gasteiger partial charge in [-0.05, 0) is 43.3 Å². The molecule has 0 radical (unpaired) electrons. The second kappa shape index (κ2) is 5.09. The van der Waals surface area contributed by atoms with E-state index in [9.17, 15) is 9.18 Å². The van der Waals surface area contributed by atoms with Gasteiger partial charge in [0.2, 0.25) is 0 Å². The third kappa shape index (κ3) is 2.31. The number of nitrogens with zero attached hydrogens (tertiary/aromatic N) is 2. The molecule has 0 unspecified atom stereocenters. The lowest BCUT2D eigenvalue weighted by atomic mass is 10.2. The van der Waals surface area contributed by atoms with Gasteiger partial charge < -0.3 is 14.9 Å². The number of fused-ring (bicyclic) bond motifs is 1. The van der Waals surface area contributed by atoms with Crippen LogP contribution in [0.1, 0.15) is 12.6 Å². The Bertz CT molecular complexity index is 864. The van der Waals surface area contributed by atoms with Crippen LogP contribution in [0.3, 0.4) is 0 Å². The predicted octanol–water partition coefficient (Wildman–Crippen LogP) is 2.59. The van der Waals surface area contributed by atoms with Crippen molar-refractivity contribution in [2.24, 2.45) is 0 Å². The molecule has 0 saturated heterocycles. The number of rotatable bonds is 3. The molecular weight excluding hydrogens is 269 g/mol. The first-order chi connectivity index (χ1) is 10.1. The molecule has 2 N–H and O–H groups in total. The van der Waals surface area contributed by atoms with Crippen LogP contribution >= 0.6 is 0 Å². The Morgan fingerprint density at radius 2 is 2.05 bits per heavy atom. The maximum absolute atomic E-state index is 13.3. The summed E-state index contributed by atoms with van der Waals surface area (Å²) < 4.78 is 17.0. The molecule has 2 heterocycles. The maximum Gasteiger partial charge on any atom is 0.274 e. The Kier molecular flexibility index (Phi) is 3.25. The molecule has 1 aromatic carbocycles. The first kappa shape index (κ1) is 13.4. The van der Waals surface area contributed by atoms with Gasteiger partial charge in [0.05, 0.1) is 12.2 Å². The predicted molar refractivity (Wildman–Crippen MR) is 81.8 cm³/mol. The highest BCUT2D eigenvalue weighted by Gasteiger charge is 2.10. The molecule has 0 aliphatic rings. The Morgan fingerprint density at radius 3 is 2.81 bits per heavy atom. The number of aromatic nitrogens is 2. The van der Waals surface area contributed by atoms with Crippen LogP contribution in [0.15, 0.2) is 47.4 Å². The van der Waals surface area contributed by atoms with E-state index in [1.807, 2.05) is 13.0 Å². The van der Waals surface area contributed by atoms with Crippen LogP contribution in [-0.4, -0.2) is 9.13 Å². The van der Waals surface area contributed by atoms with Gasteiger partial charge in [-0.25, -0.2) is 4.39 Å². The molecule has 2 aromatic heterocycles. The first-order valence-electron chi connectivity index (χ1n) is 6.82. The lowest BCUT2D eigenvalue weighted by Gasteiger charge is -2.10. The molecule has 0 spiro atoms. The van der Waals surface area contributed by atoms with Gasteiger partial charge in [-0.2, -0.15) is 0 Å². The van der Waals surface area contributed by atoms with Crippen molar-refractivity contribution in [2.75, 3.05) is 5.73 Å². The summed E-state index contributed by atoms with van der Waals surface area (Å²) in [6, 6.07) is 9.97. The number of pyridine rings is 1. The lowest BCUT2D eigenvalue weighted by Crippen LogP contribution is -2.23. The molecule has 0 bridgehead atoms. The zero-order valence-electron chi connectivity index (χ0n) is 11.7. The fraction of sp³-hybridized carbons (Fsp3) is 0.188. The summed E-state index contributed by atoms with van der Waals surface area (Å²) in [6.45, 7) is 3.18. The molecule has 0 atom stereocenters. The quantitative estimate of drug-likeness (QED) is 0.804. The summed E-state index contributed by atoms with van der Waals surface area (Å²) in [5.74, 6) is -0.261. The van der Waals surface area contributed by atoms with Crippen molar-refractivity contribution in [1.82, 2.24) is 9.13 Å². The number of hydrogen-bond donors (Lipinski definition) is 1. The average Bonchev–Trinajstić information content (AvgIpc) is 2.80. The number of benzene rings is 1. The van der Waals surface area contributed by atoms with E-state index >= 15 is 0 Å². The van der Waals surface area contributed by atoms with E-state index in [2.05, 4.69) is 4.57 Å². The highest BCUT2D eigenvalue weighted by atomic mass is 19.1. The van der Waals surface area contributed by atoms with Crippen LogP contribution in [0, 0.1) is 5.82 Å². The van der Waals surface area contributed by atoms with E-state index in [1.54, 1.807) is 29.0 Å². The second-order valence-electron chi connectivity index (χ2n) is 4.98. The fourth-order valence-corrected chi connectivity index (χ4v) is 2.66. The van der Waals surface area contributed by atoms with Gasteiger partial charge in [0, 0.05) is 29.3 Å². The molecular formula is C16H16FN3O. The Labute approximate surface area is 121 Å². The lowest BCUT2D eigenvalue weighted by molar-refractivity contribution is 0.629. The summed E-state index contributed by atoms with van der Waals surface area (Å²) in [7, 11) is 0. The van der Waals surface area contributed by atoms with E-state index in [1.165, 1.54) is 12.1 Å². The molecule has 0 amide bonds. The maximum atomic E-state index is 13.3. The summed E-state index contributed by atoms with van der Waals surface area (Å²) in [6.07, 6.45) is 1.71. The zero-order chi connectivity index (χ0) is 15.0. The minimum Gasteiger partial charge on any atom is -0.394 e. The van der Waals surface area contributed by atoms with Crippen LogP contribution in [0.25, 0.3) is 10.9 Å². The minimum absolute atomic E-state index is 0.211. The molecule has 3 rings (SSSR count). The molecule has 3 aromatic rings. The number of nitrogen functional groups attached to an aromatic ring is 1. The Balaban J connectivity index is 2.12. The van der Waals surface area contributed by atoms with Gasteiger partial charge in [0.1, 0.15) is 5.82 Å². The third-order valence-electron chi connectivity index (χ3n) is 3.65. The van der Waals surface area contributed by atoms with E-state index in [0.717, 1.165) is 23.1 Å². The number of halogens is 1. The molecule has 21 heavy (non-hydrogen) atoms. The number of hydrogen-bond acceptors (Lipinski definition) is 2. The molecule has 0 fully saturated rings. The van der Waals surface area contributed by atoms with Gasteiger partial charge in [-0.1, -0.05) is 0 Å². The van der Waals surface area contributed by atoms with E-state index in [-0.39, 0.29) is 17.1 Å². The molecule has 0 aliphatic heterocycles. The van der Waals surface area contributed by atoms with Crippen LogP contribution in [0.4, 0.5) is 10.1 Å². The van der Waals surface area contributed by atoms with Gasteiger partial charge >= 0.3 is 0 Å². The van der Waals surface area contributed by atoms with Crippen molar-refractivity contribution in [3.05, 3.63) is 64.5 Å². The normalized spacial score (nSPS) is 11.1. The van der Waals surface area contributed by atoms with Crippen molar-refractivity contribution < 1.29 is 4.39 Å². The topological polar surface area (TPSA) is 52.9 Å². The standard InChI is InChI=1S/C16H16FN3O/c1-2-20-13(9-11-8-12(17)5-6-15(11)20)10-19-7-3-4-14(18)16(19)21/h3-9H,2,10,18H2,1H3. The summed E-state index contributed by atoms with van der Waals surface area (Å²) in [4.78, 5) is 12.0. The van der Waals surface area contributed by atoms with Crippen molar-refractivity contribution in [1.29, 1.82) is 0 Å². The van der Waals surface area contributed by atoms with Crippen molar-refractivity contribution >= 4 is 16.6 Å². The molecule has 5 heteroatoms. The minimum atomic E-state index is -0.261. The Hall–Kier alpha value is -2.56. The number of anilines is 1. The van der Waals surface area contributed by atoms with E-state index in [4.69, 9.17) is 5.73 Å². The van der Waals surface area contributed by atoms with Crippen LogP contribution in [-0.2, 0) is 13.1 Å². The highest BCUT2D eigenvalue weighted by Crippen LogP contribution is 2.21. The van der Waals surface area contributed by atoms with Gasteiger partial charge in [0.25, 0.3) is 5.56 Å². The molecule has 4 nitrogen and oxygen atoms in total. The number of aryl methyl sites for hydroxylation is 1. The van der Waals surface area contributed by atoms with Crippen LogP contribution < -0.4 is 11.3 Å². The molecule has 0 saturated carbocycles. The summed E-state index contributed by atoms with van der Waals surface area (Å²) >= 11 is 0. The smallest absolute Gasteiger partial charge is 0.274 e. The highest BCUT2D eigenvalue weighted by molar-refractivity contribution is 5.81. The SMILES string of the molecule is CCn1c(Cn2cccc(N)c2=O)cc2cc(F)ccc21. The van der Waals surface area contributed by atoms with Crippen LogP contribution in [0.5, 0.6) is 0 Å². The van der Waals surface area contributed by atoms with Crippen molar-refractivity contribution in [3.63, 3.8) is 0 Å². The third-order valence-corrected chi connectivity index (χ3v) is 3.65. The summed E-state index contributed by atoms with van der Waals surface area (Å²) in [5.41, 5.74) is 7.58. The largest absolute Gasteiger partial charge is 0.394 e. The Morgan fingerprint density at radius 1 is 1.24 bits per heavy atom. The first-order valence-corrected chi connectivity index (χ1v) is 6.82. The fourth-order valence-electron chi connectivity index (χ4n) is 2.66. The molecule has 0 aliphatic carbocycles. The van der Waals surface area contributed by atoms with Crippen molar-refractivity contribution in [3.8, 4) is 0 Å². The van der Waals surface area contributed by atoms with Crippen LogP contribution in [0.2, 0.25) is 0 Å². The molecule has 108 valence electrons. The van der Waals surface area contributed by atoms with Gasteiger partial charge in [-0.3, -0.25) is 4.79 Å².